The number of halogens is 1. The Morgan fingerprint density at radius 1 is 1.71 bits per heavy atom. The molecule has 0 aromatic carbocycles. The van der Waals surface area contributed by atoms with E-state index in [4.69, 9.17) is 3.95 Å². The van der Waals surface area contributed by atoms with Crippen molar-refractivity contribution < 1.29 is 21.5 Å². The van der Waals surface area contributed by atoms with Crippen LogP contribution in [0.25, 0.3) is 0 Å². The minimum absolute atomic E-state index is 0.135. The molecule has 1 heterocycles. The Hall–Kier alpha value is 0.390. The van der Waals surface area contributed by atoms with Crippen LogP contribution in [-0.2, 0) is 0 Å². The van der Waals surface area contributed by atoms with Crippen molar-refractivity contribution in [3.05, 3.63) is 20.4 Å². The molecular weight excluding hydrogens is 221 g/mol. The van der Waals surface area contributed by atoms with Gasteiger partial charge in [-0.3, -0.25) is 0 Å². The molecule has 1 nitrogen and oxygen atoms in total. The molecule has 0 atom stereocenters. The molecule has 1 aromatic rings. The first-order valence-electron chi connectivity index (χ1n) is 1.80. The Kier molecular flexibility index (Phi) is 2.08. The molecule has 2 N–H and O–H groups in total. The fourth-order valence-corrected chi connectivity index (χ4v) is 2.11. The molecule has 0 radical (unpaired) electrons. The summed E-state index contributed by atoms with van der Waals surface area (Å²) in [6.45, 7) is 0. The molecule has 0 spiro atoms. The van der Waals surface area contributed by atoms with E-state index < -0.39 is 0 Å². The van der Waals surface area contributed by atoms with E-state index in [2.05, 4.69) is 11.4 Å². The standard InChI is InChI=1S/C4H5INS/c6-5-4-2-1-3-7-4/h1-3H,6H2/q-1. The summed E-state index contributed by atoms with van der Waals surface area (Å²) in [5.74, 6) is 0. The fourth-order valence-electron chi connectivity index (χ4n) is 0.321. The van der Waals surface area contributed by atoms with Gasteiger partial charge in [-0.2, -0.15) is 0 Å². The first kappa shape index (κ1) is 5.53. The molecule has 1 rings (SSSR count). The summed E-state index contributed by atoms with van der Waals surface area (Å²) in [5, 5.41) is 2.06. The van der Waals surface area contributed by atoms with Crippen LogP contribution in [0.15, 0.2) is 17.5 Å². The van der Waals surface area contributed by atoms with E-state index in [-0.39, 0.29) is 21.5 Å². The van der Waals surface area contributed by atoms with Gasteiger partial charge in [0.25, 0.3) is 0 Å². The van der Waals surface area contributed by atoms with Crippen molar-refractivity contribution in [3.63, 3.8) is 0 Å². The monoisotopic (exact) mass is 226 g/mol. The van der Waals surface area contributed by atoms with Crippen LogP contribution in [0.5, 0.6) is 0 Å². The normalized spacial score (nSPS) is 9.86. The van der Waals surface area contributed by atoms with Gasteiger partial charge in [0, 0.05) is 0 Å². The van der Waals surface area contributed by atoms with Crippen LogP contribution in [0.4, 0.5) is 0 Å². The Morgan fingerprint density at radius 3 is 2.86 bits per heavy atom. The predicted octanol–water partition coefficient (Wildman–Crippen LogP) is -2.12. The van der Waals surface area contributed by atoms with Crippen LogP contribution in [0.3, 0.4) is 0 Å². The molecule has 0 saturated heterocycles. The van der Waals surface area contributed by atoms with Crippen molar-refractivity contribution in [1.82, 2.24) is 0 Å². The summed E-state index contributed by atoms with van der Waals surface area (Å²) in [7, 11) is 0. The van der Waals surface area contributed by atoms with Gasteiger partial charge in [-0.25, -0.2) is 0 Å². The second kappa shape index (κ2) is 2.64. The predicted molar refractivity (Wildman–Crippen MR) is 27.2 cm³/mol. The third-order valence-corrected chi connectivity index (χ3v) is 3.58. The van der Waals surface area contributed by atoms with Crippen molar-refractivity contribution in [2.45, 2.75) is 0 Å². The molecule has 3 heteroatoms. The molecule has 0 fully saturated rings. The zero-order valence-corrected chi connectivity index (χ0v) is 6.57. The van der Waals surface area contributed by atoms with Gasteiger partial charge in [0.1, 0.15) is 0 Å². The Labute approximate surface area is 57.2 Å². The molecule has 0 bridgehead atoms. The zero-order chi connectivity index (χ0) is 5.11. The maximum atomic E-state index is 5.41. The van der Waals surface area contributed by atoms with Crippen LogP contribution in [0.1, 0.15) is 0 Å². The second-order valence-electron chi connectivity index (χ2n) is 1.03. The molecule has 0 aliphatic carbocycles. The van der Waals surface area contributed by atoms with Gasteiger partial charge in [0.15, 0.2) is 0 Å². The van der Waals surface area contributed by atoms with E-state index in [1.54, 1.807) is 11.3 Å². The fraction of sp³-hybridized carbons (Fsp3) is 0. The molecule has 0 aliphatic heterocycles. The van der Waals surface area contributed by atoms with Crippen LogP contribution in [-0.4, -0.2) is 0 Å². The molecule has 1 aromatic heterocycles. The molecular formula is C4H5INS-. The van der Waals surface area contributed by atoms with Gasteiger partial charge < -0.3 is 0 Å². The average molecular weight is 226 g/mol. The summed E-state index contributed by atoms with van der Waals surface area (Å²) in [6.07, 6.45) is 0. The second-order valence-corrected chi connectivity index (χ2v) is 4.49. The zero-order valence-electron chi connectivity index (χ0n) is 3.60. The van der Waals surface area contributed by atoms with E-state index in [0.29, 0.717) is 0 Å². The SMILES string of the molecule is N[I-]c1cccs1. The topological polar surface area (TPSA) is 26.0 Å². The molecule has 0 saturated carbocycles. The van der Waals surface area contributed by atoms with Crippen molar-refractivity contribution in [2.24, 2.45) is 3.95 Å². The number of hydrogen-bond acceptors (Lipinski definition) is 2. The number of nitrogens with two attached hydrogens (primary N) is 1. The summed E-state index contributed by atoms with van der Waals surface area (Å²) < 4.78 is 6.77. The van der Waals surface area contributed by atoms with Gasteiger partial charge in [0.05, 0.1) is 0 Å². The van der Waals surface area contributed by atoms with E-state index in [9.17, 15) is 0 Å². The molecule has 40 valence electrons. The van der Waals surface area contributed by atoms with E-state index >= 15 is 0 Å². The third kappa shape index (κ3) is 1.40. The van der Waals surface area contributed by atoms with Gasteiger partial charge in [-0.1, -0.05) is 0 Å². The number of rotatable bonds is 1. The van der Waals surface area contributed by atoms with Crippen molar-refractivity contribution in [1.29, 1.82) is 0 Å². The first-order valence-corrected chi connectivity index (χ1v) is 5.01. The first-order chi connectivity index (χ1) is 3.43. The molecule has 7 heavy (non-hydrogen) atoms. The van der Waals surface area contributed by atoms with Gasteiger partial charge >= 0.3 is 57.2 Å². The summed E-state index contributed by atoms with van der Waals surface area (Å²) in [4.78, 5) is 0. The van der Waals surface area contributed by atoms with Gasteiger partial charge in [0.2, 0.25) is 0 Å². The van der Waals surface area contributed by atoms with Crippen LogP contribution in [0, 0.1) is 2.88 Å². The third-order valence-electron chi connectivity index (χ3n) is 0.594. The minimum atomic E-state index is -0.135. The van der Waals surface area contributed by atoms with Crippen LogP contribution >= 0.6 is 11.3 Å². The number of thiophene rings is 1. The Morgan fingerprint density at radius 2 is 2.57 bits per heavy atom. The Bertz CT molecular complexity index is 126. The average Bonchev–Trinajstić information content (AvgIpc) is 2.14. The summed E-state index contributed by atoms with van der Waals surface area (Å²) >= 11 is 1.61. The summed E-state index contributed by atoms with van der Waals surface area (Å²) in [5.41, 5.74) is 0. The summed E-state index contributed by atoms with van der Waals surface area (Å²) in [6, 6.07) is 4.12. The number of hydrogen-bond donors (Lipinski definition) is 1. The maximum absolute atomic E-state index is 5.41. The molecule has 0 aliphatic rings. The van der Waals surface area contributed by atoms with E-state index in [1.165, 1.54) is 2.88 Å². The van der Waals surface area contributed by atoms with Crippen LogP contribution in [0.2, 0.25) is 0 Å². The van der Waals surface area contributed by atoms with Crippen molar-refractivity contribution >= 4 is 11.3 Å². The van der Waals surface area contributed by atoms with Crippen molar-refractivity contribution in [3.8, 4) is 0 Å². The van der Waals surface area contributed by atoms with Gasteiger partial charge in [-0.05, 0) is 0 Å². The molecule has 0 amide bonds. The van der Waals surface area contributed by atoms with Gasteiger partial charge in [-0.15, -0.1) is 0 Å². The van der Waals surface area contributed by atoms with E-state index in [0.717, 1.165) is 0 Å². The van der Waals surface area contributed by atoms with Crippen LogP contribution < -0.4 is 25.4 Å². The van der Waals surface area contributed by atoms with Crippen molar-refractivity contribution in [2.75, 3.05) is 0 Å². The quantitative estimate of drug-likeness (QED) is 0.430. The molecule has 0 unspecified atom stereocenters. The van der Waals surface area contributed by atoms with E-state index in [1.807, 2.05) is 6.07 Å². The Balaban J connectivity index is 2.76.